The van der Waals surface area contributed by atoms with Gasteiger partial charge in [-0.05, 0) is 36.1 Å². The first-order chi connectivity index (χ1) is 6.31. The fourth-order valence-electron chi connectivity index (χ4n) is 1.49. The van der Waals surface area contributed by atoms with Crippen LogP contribution in [0.4, 0.5) is 0 Å². The SMILES string of the molecule is CCc1ccc(CN)c(CCN)c1. The summed E-state index contributed by atoms with van der Waals surface area (Å²) in [7, 11) is 0. The van der Waals surface area contributed by atoms with Gasteiger partial charge in [0.25, 0.3) is 0 Å². The molecule has 1 aromatic carbocycles. The molecule has 2 heteroatoms. The van der Waals surface area contributed by atoms with Gasteiger partial charge in [0.15, 0.2) is 0 Å². The van der Waals surface area contributed by atoms with Gasteiger partial charge in [-0.2, -0.15) is 0 Å². The van der Waals surface area contributed by atoms with Gasteiger partial charge in [0, 0.05) is 6.54 Å². The molecule has 0 spiro atoms. The van der Waals surface area contributed by atoms with Crippen LogP contribution in [0.5, 0.6) is 0 Å². The second kappa shape index (κ2) is 5.00. The van der Waals surface area contributed by atoms with Crippen LogP contribution >= 0.6 is 0 Å². The van der Waals surface area contributed by atoms with E-state index < -0.39 is 0 Å². The predicted octanol–water partition coefficient (Wildman–Crippen LogP) is 1.21. The zero-order valence-corrected chi connectivity index (χ0v) is 8.22. The van der Waals surface area contributed by atoms with Crippen molar-refractivity contribution in [2.24, 2.45) is 11.5 Å². The van der Waals surface area contributed by atoms with Crippen molar-refractivity contribution >= 4 is 0 Å². The van der Waals surface area contributed by atoms with Crippen LogP contribution in [0.15, 0.2) is 18.2 Å². The smallest absolute Gasteiger partial charge is 0.0180 e. The third-order valence-corrected chi connectivity index (χ3v) is 2.31. The molecule has 0 unspecified atom stereocenters. The van der Waals surface area contributed by atoms with Crippen molar-refractivity contribution in [3.05, 3.63) is 34.9 Å². The van der Waals surface area contributed by atoms with Crippen LogP contribution in [0.25, 0.3) is 0 Å². The number of benzene rings is 1. The maximum absolute atomic E-state index is 5.63. The first kappa shape index (κ1) is 10.2. The monoisotopic (exact) mass is 178 g/mol. The minimum absolute atomic E-state index is 0.610. The third-order valence-electron chi connectivity index (χ3n) is 2.31. The molecule has 2 nitrogen and oxygen atoms in total. The number of hydrogen-bond donors (Lipinski definition) is 2. The Bertz CT molecular complexity index is 269. The largest absolute Gasteiger partial charge is 0.330 e. The van der Waals surface area contributed by atoms with E-state index in [-0.39, 0.29) is 0 Å². The summed E-state index contributed by atoms with van der Waals surface area (Å²) < 4.78 is 0. The molecule has 0 radical (unpaired) electrons. The van der Waals surface area contributed by atoms with Crippen LogP contribution in [0.3, 0.4) is 0 Å². The first-order valence-electron chi connectivity index (χ1n) is 4.82. The Labute approximate surface area is 79.9 Å². The molecule has 0 aliphatic carbocycles. The van der Waals surface area contributed by atoms with E-state index in [4.69, 9.17) is 11.5 Å². The van der Waals surface area contributed by atoms with Crippen LogP contribution in [0, 0.1) is 0 Å². The van der Waals surface area contributed by atoms with Crippen LogP contribution in [0.1, 0.15) is 23.6 Å². The molecule has 0 atom stereocenters. The van der Waals surface area contributed by atoms with Crippen molar-refractivity contribution in [3.8, 4) is 0 Å². The van der Waals surface area contributed by atoms with E-state index in [1.807, 2.05) is 0 Å². The quantitative estimate of drug-likeness (QED) is 0.728. The molecule has 0 saturated carbocycles. The van der Waals surface area contributed by atoms with E-state index in [0.717, 1.165) is 12.8 Å². The Morgan fingerprint density at radius 1 is 1.15 bits per heavy atom. The zero-order valence-electron chi connectivity index (χ0n) is 8.22. The highest BCUT2D eigenvalue weighted by Gasteiger charge is 2.00. The van der Waals surface area contributed by atoms with Crippen molar-refractivity contribution in [2.45, 2.75) is 26.3 Å². The molecule has 0 heterocycles. The summed E-state index contributed by atoms with van der Waals surface area (Å²) in [5.41, 5.74) is 15.1. The van der Waals surface area contributed by atoms with E-state index in [0.29, 0.717) is 13.1 Å². The molecule has 0 aliphatic heterocycles. The highest BCUT2D eigenvalue weighted by Crippen LogP contribution is 2.12. The summed E-state index contributed by atoms with van der Waals surface area (Å²) in [6.45, 7) is 3.46. The molecule has 0 fully saturated rings. The Morgan fingerprint density at radius 3 is 2.46 bits per heavy atom. The lowest BCUT2D eigenvalue weighted by Gasteiger charge is -2.08. The number of aryl methyl sites for hydroxylation is 1. The average Bonchev–Trinajstić information content (AvgIpc) is 2.18. The molecule has 0 amide bonds. The van der Waals surface area contributed by atoms with Crippen LogP contribution < -0.4 is 11.5 Å². The van der Waals surface area contributed by atoms with Crippen molar-refractivity contribution in [2.75, 3.05) is 6.54 Å². The van der Waals surface area contributed by atoms with E-state index in [1.165, 1.54) is 16.7 Å². The highest BCUT2D eigenvalue weighted by atomic mass is 14.5. The summed E-state index contributed by atoms with van der Waals surface area (Å²) in [5.74, 6) is 0. The predicted molar refractivity (Wildman–Crippen MR) is 56.5 cm³/mol. The summed E-state index contributed by atoms with van der Waals surface area (Å²) >= 11 is 0. The lowest BCUT2D eigenvalue weighted by Crippen LogP contribution is -2.08. The summed E-state index contributed by atoms with van der Waals surface area (Å²) in [6.07, 6.45) is 2.00. The Morgan fingerprint density at radius 2 is 1.92 bits per heavy atom. The van der Waals surface area contributed by atoms with Gasteiger partial charge in [-0.1, -0.05) is 25.1 Å². The number of nitrogens with two attached hydrogens (primary N) is 2. The maximum atomic E-state index is 5.63. The molecule has 13 heavy (non-hydrogen) atoms. The standard InChI is InChI=1S/C11H18N2/c1-2-9-3-4-11(8-13)10(7-9)5-6-12/h3-4,7H,2,5-6,8,12-13H2,1H3. The number of hydrogen-bond acceptors (Lipinski definition) is 2. The molecule has 4 N–H and O–H groups in total. The molecule has 1 rings (SSSR count). The minimum Gasteiger partial charge on any atom is -0.330 e. The normalized spacial score (nSPS) is 10.4. The van der Waals surface area contributed by atoms with Crippen LogP contribution in [0.2, 0.25) is 0 Å². The third kappa shape index (κ3) is 2.54. The maximum Gasteiger partial charge on any atom is 0.0180 e. The second-order valence-electron chi connectivity index (χ2n) is 3.20. The fraction of sp³-hybridized carbons (Fsp3) is 0.455. The fourth-order valence-corrected chi connectivity index (χ4v) is 1.49. The Balaban J connectivity index is 2.95. The van der Waals surface area contributed by atoms with E-state index >= 15 is 0 Å². The van der Waals surface area contributed by atoms with Gasteiger partial charge in [0.2, 0.25) is 0 Å². The molecule has 1 aromatic rings. The van der Waals surface area contributed by atoms with Crippen molar-refractivity contribution in [1.29, 1.82) is 0 Å². The molecule has 72 valence electrons. The van der Waals surface area contributed by atoms with Crippen LogP contribution in [-0.4, -0.2) is 6.54 Å². The lowest BCUT2D eigenvalue weighted by molar-refractivity contribution is 0.922. The summed E-state index contributed by atoms with van der Waals surface area (Å²) in [4.78, 5) is 0. The molecular formula is C11H18N2. The molecule has 0 aliphatic rings. The van der Waals surface area contributed by atoms with E-state index in [1.54, 1.807) is 0 Å². The van der Waals surface area contributed by atoms with Crippen molar-refractivity contribution in [3.63, 3.8) is 0 Å². The van der Waals surface area contributed by atoms with Gasteiger partial charge in [0.1, 0.15) is 0 Å². The molecule has 0 saturated heterocycles. The molecule has 0 aromatic heterocycles. The van der Waals surface area contributed by atoms with Crippen molar-refractivity contribution < 1.29 is 0 Å². The average molecular weight is 178 g/mol. The summed E-state index contributed by atoms with van der Waals surface area (Å²) in [6, 6.07) is 6.47. The van der Waals surface area contributed by atoms with Gasteiger partial charge in [-0.15, -0.1) is 0 Å². The molecular weight excluding hydrogens is 160 g/mol. The Kier molecular flexibility index (Phi) is 3.93. The van der Waals surface area contributed by atoms with Crippen LogP contribution in [-0.2, 0) is 19.4 Å². The van der Waals surface area contributed by atoms with Gasteiger partial charge in [-0.3, -0.25) is 0 Å². The molecule has 0 bridgehead atoms. The van der Waals surface area contributed by atoms with Gasteiger partial charge >= 0.3 is 0 Å². The second-order valence-corrected chi connectivity index (χ2v) is 3.20. The Hall–Kier alpha value is -0.860. The van der Waals surface area contributed by atoms with Gasteiger partial charge in [-0.25, -0.2) is 0 Å². The number of rotatable bonds is 4. The first-order valence-corrected chi connectivity index (χ1v) is 4.82. The zero-order chi connectivity index (χ0) is 9.68. The van der Waals surface area contributed by atoms with E-state index in [9.17, 15) is 0 Å². The van der Waals surface area contributed by atoms with Gasteiger partial charge in [0.05, 0.1) is 0 Å². The topological polar surface area (TPSA) is 52.0 Å². The highest BCUT2D eigenvalue weighted by molar-refractivity contribution is 5.32. The van der Waals surface area contributed by atoms with Crippen molar-refractivity contribution in [1.82, 2.24) is 0 Å². The van der Waals surface area contributed by atoms with Gasteiger partial charge < -0.3 is 11.5 Å². The van der Waals surface area contributed by atoms with E-state index in [2.05, 4.69) is 25.1 Å². The summed E-state index contributed by atoms with van der Waals surface area (Å²) in [5, 5.41) is 0. The minimum atomic E-state index is 0.610. The lowest BCUT2D eigenvalue weighted by atomic mass is 10.0.